The summed E-state index contributed by atoms with van der Waals surface area (Å²) in [6.45, 7) is 10.5. The van der Waals surface area contributed by atoms with E-state index in [2.05, 4.69) is 33.8 Å². The number of allylic oxidation sites excluding steroid dienone is 1. The number of ether oxygens (including phenoxy) is 6. The molecule has 0 unspecified atom stereocenters. The van der Waals surface area contributed by atoms with Gasteiger partial charge in [-0.15, -0.1) is 0 Å². The number of aliphatic hydroxyl groups is 7. The molecular formula is C40H66O13. The number of aliphatic hydroxyl groups excluding tert-OH is 7. The van der Waals surface area contributed by atoms with Crippen LogP contribution in [-0.2, 0) is 28.4 Å². The van der Waals surface area contributed by atoms with E-state index in [1.165, 1.54) is 12.5 Å². The van der Waals surface area contributed by atoms with Crippen molar-refractivity contribution in [3.05, 3.63) is 11.6 Å². The van der Waals surface area contributed by atoms with Gasteiger partial charge in [-0.25, -0.2) is 0 Å². The highest BCUT2D eigenvalue weighted by Gasteiger charge is 2.68. The van der Waals surface area contributed by atoms with Crippen molar-refractivity contribution in [2.45, 2.75) is 172 Å². The molecule has 0 bridgehead atoms. The second kappa shape index (κ2) is 15.2. The summed E-state index contributed by atoms with van der Waals surface area (Å²) in [5, 5.41) is 72.6. The number of hydrogen-bond acceptors (Lipinski definition) is 13. The van der Waals surface area contributed by atoms with Crippen LogP contribution < -0.4 is 0 Å². The minimum Gasteiger partial charge on any atom is -0.396 e. The molecule has 0 radical (unpaired) electrons. The monoisotopic (exact) mass is 754 g/mol. The lowest BCUT2D eigenvalue weighted by atomic mass is 9.47. The Morgan fingerprint density at radius 3 is 2.34 bits per heavy atom. The molecule has 3 saturated carbocycles. The van der Waals surface area contributed by atoms with E-state index in [0.717, 1.165) is 51.4 Å². The van der Waals surface area contributed by atoms with Gasteiger partial charge in [0, 0.05) is 26.1 Å². The van der Waals surface area contributed by atoms with Gasteiger partial charge in [-0.1, -0.05) is 39.3 Å². The van der Waals surface area contributed by atoms with Crippen molar-refractivity contribution in [1.29, 1.82) is 0 Å². The van der Waals surface area contributed by atoms with Crippen LogP contribution in [0.4, 0.5) is 0 Å². The largest absolute Gasteiger partial charge is 0.396 e. The molecule has 13 nitrogen and oxygen atoms in total. The molecule has 0 aromatic heterocycles. The van der Waals surface area contributed by atoms with Crippen molar-refractivity contribution < 1.29 is 64.2 Å². The molecular weight excluding hydrogens is 688 g/mol. The Bertz CT molecular complexity index is 1320. The van der Waals surface area contributed by atoms with E-state index in [0.29, 0.717) is 30.1 Å². The summed E-state index contributed by atoms with van der Waals surface area (Å²) in [5.74, 6) is 1.97. The zero-order valence-corrected chi connectivity index (χ0v) is 32.3. The van der Waals surface area contributed by atoms with Crippen LogP contribution in [0, 0.1) is 46.3 Å². The quantitative estimate of drug-likeness (QED) is 0.160. The molecule has 53 heavy (non-hydrogen) atoms. The van der Waals surface area contributed by atoms with Crippen LogP contribution in [0.3, 0.4) is 0 Å². The maximum absolute atomic E-state index is 11.1. The third-order valence-corrected chi connectivity index (χ3v) is 15.6. The molecule has 0 amide bonds. The maximum atomic E-state index is 11.1. The summed E-state index contributed by atoms with van der Waals surface area (Å²) in [4.78, 5) is 0. The van der Waals surface area contributed by atoms with E-state index < -0.39 is 73.8 Å². The van der Waals surface area contributed by atoms with Gasteiger partial charge in [0.25, 0.3) is 0 Å². The predicted octanol–water partition coefficient (Wildman–Crippen LogP) is 2.00. The normalized spacial score (nSPS) is 54.4. The Morgan fingerprint density at radius 2 is 1.64 bits per heavy atom. The second-order valence-electron chi connectivity index (χ2n) is 18.3. The van der Waals surface area contributed by atoms with Crippen LogP contribution in [0.5, 0.6) is 0 Å². The fourth-order valence-corrected chi connectivity index (χ4v) is 12.4. The van der Waals surface area contributed by atoms with E-state index in [4.69, 9.17) is 28.4 Å². The fourth-order valence-electron chi connectivity index (χ4n) is 12.4. The third kappa shape index (κ3) is 6.69. The molecule has 3 saturated heterocycles. The molecule has 7 aliphatic rings. The zero-order valence-electron chi connectivity index (χ0n) is 32.3. The summed E-state index contributed by atoms with van der Waals surface area (Å²) in [6, 6.07) is 0. The standard InChI is InChI=1S/C40H66O13/c1-19(17-41)9-14-40(48-6)20(2)29-27(53-40)16-26-24-8-7-22-15-23(10-12-38(22,4)25(24)11-13-39(26,29)5)50-37-35(33(46)31(44)28(18-42)51-37)52-36-34(47)32(45)30(43)21(3)49-36/h7,19-21,23-37,41-47H,8-18H2,1-6H3/t19-,20+,21+,23+,24-,25+,26+,27+,28-,29+,30+,31-,32-,33+,34-,35-,36+,37+,38+,39+,40-/m1/s1. The minimum atomic E-state index is -1.62. The second-order valence-corrected chi connectivity index (χ2v) is 18.3. The number of hydrogen-bond donors (Lipinski definition) is 7. The van der Waals surface area contributed by atoms with Crippen molar-refractivity contribution in [1.82, 2.24) is 0 Å². The first-order valence-electron chi connectivity index (χ1n) is 20.3. The van der Waals surface area contributed by atoms with Gasteiger partial charge in [0.2, 0.25) is 0 Å². The summed E-state index contributed by atoms with van der Waals surface area (Å²) in [5.41, 5.74) is 1.56. The van der Waals surface area contributed by atoms with Crippen LogP contribution in [0.25, 0.3) is 0 Å². The number of methoxy groups -OCH3 is 1. The fraction of sp³-hybridized carbons (Fsp3) is 0.950. The van der Waals surface area contributed by atoms with Crippen molar-refractivity contribution in [3.63, 3.8) is 0 Å². The maximum Gasteiger partial charge on any atom is 0.187 e. The Balaban J connectivity index is 1.04. The summed E-state index contributed by atoms with van der Waals surface area (Å²) < 4.78 is 37.3. The highest BCUT2D eigenvalue weighted by Crippen LogP contribution is 2.70. The molecule has 0 spiro atoms. The smallest absolute Gasteiger partial charge is 0.187 e. The molecule has 3 aliphatic heterocycles. The Morgan fingerprint density at radius 1 is 0.887 bits per heavy atom. The first-order chi connectivity index (χ1) is 25.1. The van der Waals surface area contributed by atoms with Crippen LogP contribution in [0.15, 0.2) is 11.6 Å². The van der Waals surface area contributed by atoms with Crippen molar-refractivity contribution in [3.8, 4) is 0 Å². The topological polar surface area (TPSA) is 197 Å². The number of rotatable bonds is 10. The van der Waals surface area contributed by atoms with Gasteiger partial charge < -0.3 is 64.2 Å². The van der Waals surface area contributed by atoms with E-state index in [1.807, 2.05) is 0 Å². The van der Waals surface area contributed by atoms with Gasteiger partial charge in [0.15, 0.2) is 18.4 Å². The first-order valence-corrected chi connectivity index (χ1v) is 20.3. The van der Waals surface area contributed by atoms with Gasteiger partial charge in [-0.3, -0.25) is 0 Å². The summed E-state index contributed by atoms with van der Waals surface area (Å²) in [6.07, 6.45) is -2.75. The van der Waals surface area contributed by atoms with Gasteiger partial charge in [-0.2, -0.15) is 0 Å². The molecule has 0 aromatic rings. The van der Waals surface area contributed by atoms with Gasteiger partial charge in [0.05, 0.1) is 24.9 Å². The van der Waals surface area contributed by atoms with Crippen LogP contribution in [-0.4, -0.2) is 135 Å². The first kappa shape index (κ1) is 40.4. The van der Waals surface area contributed by atoms with E-state index in [-0.39, 0.29) is 41.5 Å². The molecule has 3 heterocycles. The lowest BCUT2D eigenvalue weighted by molar-refractivity contribution is -0.369. The average Bonchev–Trinajstić information content (AvgIpc) is 3.60. The minimum absolute atomic E-state index is 0.0187. The third-order valence-electron chi connectivity index (χ3n) is 15.6. The van der Waals surface area contributed by atoms with Crippen molar-refractivity contribution >= 4 is 0 Å². The van der Waals surface area contributed by atoms with Crippen molar-refractivity contribution in [2.24, 2.45) is 46.3 Å². The molecule has 6 fully saturated rings. The molecule has 304 valence electrons. The zero-order chi connectivity index (χ0) is 38.2. The SMILES string of the molecule is CO[C@]1(CC[C@@H](C)CO)O[C@H]2C[C@H]3[C@@H]4CC=C5C[C@@H](O[C@H]6O[C@H](CO)[C@@H](O)[C@H](O)[C@H]6O[C@@H]6O[C@@H](C)[C@H](O)[C@@H](O)[C@H]6O)CC[C@]5(C)[C@H]4CC[C@]3(C)[C@H]2[C@@H]1C. The highest BCUT2D eigenvalue weighted by atomic mass is 16.8. The van der Waals surface area contributed by atoms with E-state index >= 15 is 0 Å². The highest BCUT2D eigenvalue weighted by molar-refractivity contribution is 5.26. The van der Waals surface area contributed by atoms with Crippen LogP contribution >= 0.6 is 0 Å². The van der Waals surface area contributed by atoms with Gasteiger partial charge in [-0.05, 0) is 98.7 Å². The molecule has 13 heteroatoms. The molecule has 7 N–H and O–H groups in total. The van der Waals surface area contributed by atoms with Gasteiger partial charge in [0.1, 0.15) is 42.7 Å². The lowest BCUT2D eigenvalue weighted by Crippen LogP contribution is -2.64. The molecule has 21 atom stereocenters. The lowest BCUT2D eigenvalue weighted by Gasteiger charge is -2.58. The van der Waals surface area contributed by atoms with Gasteiger partial charge >= 0.3 is 0 Å². The van der Waals surface area contributed by atoms with Crippen molar-refractivity contribution in [2.75, 3.05) is 20.3 Å². The van der Waals surface area contributed by atoms with E-state index in [1.54, 1.807) is 7.11 Å². The van der Waals surface area contributed by atoms with Crippen LogP contribution in [0.2, 0.25) is 0 Å². The Kier molecular flexibility index (Phi) is 11.6. The number of fused-ring (bicyclic) bond motifs is 7. The average molecular weight is 755 g/mol. The van der Waals surface area contributed by atoms with E-state index in [9.17, 15) is 35.7 Å². The molecule has 7 rings (SSSR count). The summed E-state index contributed by atoms with van der Waals surface area (Å²) >= 11 is 0. The molecule has 4 aliphatic carbocycles. The Hall–Kier alpha value is -0.780. The van der Waals surface area contributed by atoms with Crippen LogP contribution in [0.1, 0.15) is 92.4 Å². The molecule has 0 aromatic carbocycles. The predicted molar refractivity (Wildman–Crippen MR) is 190 cm³/mol. The Labute approximate surface area is 313 Å². The summed E-state index contributed by atoms with van der Waals surface area (Å²) in [7, 11) is 1.78.